The van der Waals surface area contributed by atoms with Crippen LogP contribution in [-0.2, 0) is 11.2 Å². The van der Waals surface area contributed by atoms with E-state index in [0.717, 1.165) is 18.7 Å². The number of carbonyl (C=O) groups excluding carboxylic acids is 1. The van der Waals surface area contributed by atoms with E-state index in [-0.39, 0.29) is 6.10 Å². The first-order chi connectivity index (χ1) is 12.4. The van der Waals surface area contributed by atoms with E-state index in [1.807, 2.05) is 45.9 Å². The van der Waals surface area contributed by atoms with Gasteiger partial charge in [-0.25, -0.2) is 9.79 Å². The number of guanidine groups is 1. The first-order valence-electron chi connectivity index (χ1n) is 9.11. The maximum absolute atomic E-state index is 11.6. The van der Waals surface area contributed by atoms with E-state index in [1.54, 1.807) is 0 Å². The number of nitrogens with zero attached hydrogens (tertiary/aromatic N) is 1. The van der Waals surface area contributed by atoms with E-state index in [9.17, 15) is 4.79 Å². The molecule has 3 N–H and O–H groups in total. The van der Waals surface area contributed by atoms with Gasteiger partial charge in [-0.3, -0.25) is 0 Å². The molecule has 1 heterocycles. The van der Waals surface area contributed by atoms with Crippen LogP contribution in [0.4, 0.5) is 4.79 Å². The number of hydrogen-bond acceptors (Lipinski definition) is 4. The van der Waals surface area contributed by atoms with Crippen LogP contribution < -0.4 is 20.7 Å². The number of rotatable bonds is 6. The summed E-state index contributed by atoms with van der Waals surface area (Å²) < 4.78 is 11.1. The number of alkyl carbamates (subject to hydrolysis) is 1. The fourth-order valence-electron chi connectivity index (χ4n) is 2.55. The van der Waals surface area contributed by atoms with Crippen LogP contribution in [0.1, 0.15) is 33.3 Å². The van der Waals surface area contributed by atoms with Crippen molar-refractivity contribution in [3.63, 3.8) is 0 Å². The highest BCUT2D eigenvalue weighted by atomic mass is 16.6. The highest BCUT2D eigenvalue weighted by Crippen LogP contribution is 2.28. The van der Waals surface area contributed by atoms with E-state index >= 15 is 0 Å². The molecule has 0 saturated carbocycles. The van der Waals surface area contributed by atoms with Crippen LogP contribution in [0.2, 0.25) is 0 Å². The Morgan fingerprint density at radius 3 is 2.65 bits per heavy atom. The Hall–Kier alpha value is -2.44. The minimum atomic E-state index is -0.493. The smallest absolute Gasteiger partial charge is 0.407 e. The van der Waals surface area contributed by atoms with Crippen molar-refractivity contribution in [2.24, 2.45) is 4.99 Å². The van der Waals surface area contributed by atoms with Crippen LogP contribution in [-0.4, -0.2) is 49.9 Å². The summed E-state index contributed by atoms with van der Waals surface area (Å²) in [5, 5.41) is 9.11. The molecule has 144 valence electrons. The number of hydrogen-bond donors (Lipinski definition) is 3. The van der Waals surface area contributed by atoms with Crippen LogP contribution >= 0.6 is 0 Å². The molecule has 1 aliphatic heterocycles. The highest BCUT2D eigenvalue weighted by molar-refractivity contribution is 5.79. The number of fused-ring (bicyclic) bond motifs is 1. The molecule has 0 radical (unpaired) electrons. The largest absolute Gasteiger partial charge is 0.488 e. The summed E-state index contributed by atoms with van der Waals surface area (Å²) in [6.45, 7) is 9.86. The van der Waals surface area contributed by atoms with Gasteiger partial charge in [0.15, 0.2) is 5.96 Å². The topological polar surface area (TPSA) is 84.0 Å². The van der Waals surface area contributed by atoms with Crippen LogP contribution in [0.25, 0.3) is 0 Å². The molecule has 0 fully saturated rings. The molecule has 0 spiro atoms. The molecule has 26 heavy (non-hydrogen) atoms. The number of benzene rings is 1. The minimum Gasteiger partial charge on any atom is -0.488 e. The molecule has 0 bridgehead atoms. The molecule has 1 aromatic carbocycles. The third-order valence-corrected chi connectivity index (χ3v) is 3.60. The van der Waals surface area contributed by atoms with Gasteiger partial charge in [-0.1, -0.05) is 18.2 Å². The standard InChI is InChI=1S/C19H30N4O3/c1-5-20-17(21-10-11-22-18(24)26-19(2,3)4)23-13-15-12-14-8-6-7-9-16(14)25-15/h6-9,15H,5,10-13H2,1-4H3,(H,22,24)(H2,20,21,23). The van der Waals surface area contributed by atoms with Crippen LogP contribution in [0.3, 0.4) is 0 Å². The van der Waals surface area contributed by atoms with Crippen molar-refractivity contribution in [1.82, 2.24) is 16.0 Å². The third-order valence-electron chi connectivity index (χ3n) is 3.60. The molecule has 1 aromatic rings. The Morgan fingerprint density at radius 2 is 1.96 bits per heavy atom. The van der Waals surface area contributed by atoms with Gasteiger partial charge in [0.2, 0.25) is 0 Å². The van der Waals surface area contributed by atoms with Gasteiger partial charge < -0.3 is 25.4 Å². The second kappa shape index (κ2) is 9.31. The molecule has 1 atom stereocenters. The fraction of sp³-hybridized carbons (Fsp3) is 0.579. The van der Waals surface area contributed by atoms with Crippen molar-refractivity contribution in [3.05, 3.63) is 29.8 Å². The second-order valence-electron chi connectivity index (χ2n) is 7.13. The number of amides is 1. The SMILES string of the molecule is CCNC(=NCC1Cc2ccccc2O1)NCCNC(=O)OC(C)(C)C. The summed E-state index contributed by atoms with van der Waals surface area (Å²) in [6, 6.07) is 8.08. The van der Waals surface area contributed by atoms with Gasteiger partial charge in [-0.2, -0.15) is 0 Å². The first kappa shape index (κ1) is 19.9. The second-order valence-corrected chi connectivity index (χ2v) is 7.13. The summed E-state index contributed by atoms with van der Waals surface area (Å²) >= 11 is 0. The zero-order valence-electron chi connectivity index (χ0n) is 16.1. The zero-order chi connectivity index (χ0) is 19.0. The van der Waals surface area contributed by atoms with E-state index in [4.69, 9.17) is 9.47 Å². The molecule has 0 aliphatic carbocycles. The predicted octanol–water partition coefficient (Wildman–Crippen LogP) is 2.07. The molecular formula is C19H30N4O3. The van der Waals surface area contributed by atoms with Crippen molar-refractivity contribution in [3.8, 4) is 5.75 Å². The van der Waals surface area contributed by atoms with Crippen LogP contribution in [0.15, 0.2) is 29.3 Å². The number of para-hydroxylation sites is 1. The highest BCUT2D eigenvalue weighted by Gasteiger charge is 2.22. The summed E-state index contributed by atoms with van der Waals surface area (Å²) in [5.41, 5.74) is 0.736. The number of ether oxygens (including phenoxy) is 2. The van der Waals surface area contributed by atoms with Gasteiger partial charge >= 0.3 is 6.09 Å². The number of nitrogens with one attached hydrogen (secondary N) is 3. The van der Waals surface area contributed by atoms with Crippen molar-refractivity contribution in [1.29, 1.82) is 0 Å². The van der Waals surface area contributed by atoms with E-state index in [2.05, 4.69) is 27.0 Å². The van der Waals surface area contributed by atoms with Gasteiger partial charge in [0.05, 0.1) is 6.54 Å². The maximum atomic E-state index is 11.6. The average Bonchev–Trinajstić information content (AvgIpc) is 2.97. The lowest BCUT2D eigenvalue weighted by Gasteiger charge is -2.20. The van der Waals surface area contributed by atoms with Gasteiger partial charge in [-0.15, -0.1) is 0 Å². The van der Waals surface area contributed by atoms with Crippen molar-refractivity contribution in [2.45, 2.75) is 45.8 Å². The van der Waals surface area contributed by atoms with Crippen molar-refractivity contribution < 1.29 is 14.3 Å². The van der Waals surface area contributed by atoms with Crippen molar-refractivity contribution >= 4 is 12.1 Å². The maximum Gasteiger partial charge on any atom is 0.407 e. The quantitative estimate of drug-likeness (QED) is 0.410. The Bertz CT molecular complexity index is 600. The molecule has 2 rings (SSSR count). The zero-order valence-corrected chi connectivity index (χ0v) is 16.1. The molecule has 1 unspecified atom stereocenters. The Labute approximate surface area is 155 Å². The van der Waals surface area contributed by atoms with Crippen LogP contribution in [0.5, 0.6) is 5.75 Å². The Kier molecular flexibility index (Phi) is 7.12. The average molecular weight is 362 g/mol. The summed E-state index contributed by atoms with van der Waals surface area (Å²) in [7, 11) is 0. The first-order valence-corrected chi connectivity index (χ1v) is 9.11. The van der Waals surface area contributed by atoms with Gasteiger partial charge in [0.1, 0.15) is 17.5 Å². The normalized spacial score (nSPS) is 16.5. The number of carbonyl (C=O) groups is 1. The summed E-state index contributed by atoms with van der Waals surface area (Å²) in [5.74, 6) is 1.66. The summed E-state index contributed by atoms with van der Waals surface area (Å²) in [4.78, 5) is 16.2. The lowest BCUT2D eigenvalue weighted by atomic mass is 10.1. The molecule has 7 nitrogen and oxygen atoms in total. The van der Waals surface area contributed by atoms with E-state index in [0.29, 0.717) is 25.6 Å². The van der Waals surface area contributed by atoms with Gasteiger partial charge in [0.25, 0.3) is 0 Å². The minimum absolute atomic E-state index is 0.0581. The summed E-state index contributed by atoms with van der Waals surface area (Å²) in [6.07, 6.45) is 0.514. The Morgan fingerprint density at radius 1 is 1.23 bits per heavy atom. The van der Waals surface area contributed by atoms with E-state index in [1.165, 1.54) is 5.56 Å². The third kappa shape index (κ3) is 6.82. The molecule has 1 amide bonds. The molecule has 1 aliphatic rings. The number of aliphatic imine (C=N–C) groups is 1. The van der Waals surface area contributed by atoms with Crippen molar-refractivity contribution in [2.75, 3.05) is 26.2 Å². The molecule has 0 aromatic heterocycles. The van der Waals surface area contributed by atoms with Gasteiger partial charge in [-0.05, 0) is 39.3 Å². The molecule has 0 saturated heterocycles. The fourth-order valence-corrected chi connectivity index (χ4v) is 2.55. The monoisotopic (exact) mass is 362 g/mol. The molecular weight excluding hydrogens is 332 g/mol. The van der Waals surface area contributed by atoms with Crippen LogP contribution in [0, 0.1) is 0 Å². The lowest BCUT2D eigenvalue weighted by Crippen LogP contribution is -2.42. The molecule has 7 heteroatoms. The lowest BCUT2D eigenvalue weighted by molar-refractivity contribution is 0.0529. The van der Waals surface area contributed by atoms with E-state index < -0.39 is 11.7 Å². The van der Waals surface area contributed by atoms with Gasteiger partial charge in [0, 0.05) is 26.1 Å². The predicted molar refractivity (Wildman–Crippen MR) is 103 cm³/mol. The Balaban J connectivity index is 1.73.